The van der Waals surface area contributed by atoms with Crippen LogP contribution in [0.4, 0.5) is 11.5 Å². The molecule has 0 aliphatic carbocycles. The lowest BCUT2D eigenvalue weighted by Crippen LogP contribution is -2.50. The lowest BCUT2D eigenvalue weighted by molar-refractivity contribution is -0.131. The zero-order valence-electron chi connectivity index (χ0n) is 20.8. The first-order valence-electron chi connectivity index (χ1n) is 11.4. The fourth-order valence-electron chi connectivity index (χ4n) is 4.62. The van der Waals surface area contributed by atoms with Crippen LogP contribution < -0.4 is 31.8 Å². The Labute approximate surface area is 203 Å². The van der Waals surface area contributed by atoms with Gasteiger partial charge in [0.25, 0.3) is 11.5 Å². The zero-order valence-corrected chi connectivity index (χ0v) is 20.8. The highest BCUT2D eigenvalue weighted by Gasteiger charge is 2.41. The SMILES string of the molecule is COc1c(C)c(C)c2c(c1C)CC[C@](C)(C(=O)Nc1c(N)n(-c3ccccc3)c(=O)n(C)c1=O)O2. The van der Waals surface area contributed by atoms with Crippen molar-refractivity contribution in [3.05, 3.63) is 73.4 Å². The third-order valence-electron chi connectivity index (χ3n) is 6.92. The molecule has 0 fully saturated rings. The van der Waals surface area contributed by atoms with Crippen molar-refractivity contribution in [2.24, 2.45) is 7.05 Å². The predicted molar refractivity (Wildman–Crippen MR) is 135 cm³/mol. The van der Waals surface area contributed by atoms with Crippen molar-refractivity contribution < 1.29 is 14.3 Å². The first-order chi connectivity index (χ1) is 16.5. The molecule has 1 amide bonds. The number of hydrogen-bond acceptors (Lipinski definition) is 6. The van der Waals surface area contributed by atoms with Crippen LogP contribution >= 0.6 is 0 Å². The van der Waals surface area contributed by atoms with Crippen LogP contribution in [0, 0.1) is 20.8 Å². The number of carbonyl (C=O) groups excluding carboxylic acids is 1. The number of para-hydroxylation sites is 1. The molecule has 0 radical (unpaired) electrons. The van der Waals surface area contributed by atoms with Gasteiger partial charge in [-0.25, -0.2) is 9.36 Å². The number of rotatable bonds is 4. The number of nitrogens with one attached hydrogen (secondary N) is 1. The standard InChI is InChI=1S/C26H30N4O5/c1-14-15(2)21-18(16(3)20(14)34-6)12-13-26(4,35-21)24(32)28-19-22(27)30(17-10-8-7-9-11-17)25(33)29(5)23(19)31/h7-11H,12-13,27H2,1-6H3,(H,28,32)/t26-/m1/s1. The van der Waals surface area contributed by atoms with Gasteiger partial charge >= 0.3 is 5.69 Å². The van der Waals surface area contributed by atoms with Gasteiger partial charge in [-0.3, -0.25) is 14.2 Å². The number of amides is 1. The Morgan fingerprint density at radius 2 is 1.77 bits per heavy atom. The first-order valence-corrected chi connectivity index (χ1v) is 11.4. The van der Waals surface area contributed by atoms with Crippen molar-refractivity contribution in [1.82, 2.24) is 9.13 Å². The molecule has 0 bridgehead atoms. The Balaban J connectivity index is 1.75. The van der Waals surface area contributed by atoms with E-state index in [4.69, 9.17) is 15.2 Å². The molecule has 2 heterocycles. The summed E-state index contributed by atoms with van der Waals surface area (Å²) in [6, 6.07) is 8.69. The Bertz CT molecular complexity index is 1460. The van der Waals surface area contributed by atoms with E-state index in [-0.39, 0.29) is 11.5 Å². The van der Waals surface area contributed by atoms with Crippen LogP contribution in [-0.4, -0.2) is 27.8 Å². The Morgan fingerprint density at radius 1 is 1.11 bits per heavy atom. The molecule has 9 nitrogen and oxygen atoms in total. The molecular weight excluding hydrogens is 448 g/mol. The smallest absolute Gasteiger partial charge is 0.337 e. The molecule has 1 aliphatic heterocycles. The van der Waals surface area contributed by atoms with E-state index in [1.807, 2.05) is 20.8 Å². The summed E-state index contributed by atoms with van der Waals surface area (Å²) in [5, 5.41) is 2.66. The molecule has 9 heteroatoms. The summed E-state index contributed by atoms with van der Waals surface area (Å²) < 4.78 is 14.0. The van der Waals surface area contributed by atoms with Crippen LogP contribution in [0.15, 0.2) is 39.9 Å². The maximum Gasteiger partial charge on any atom is 0.337 e. The van der Waals surface area contributed by atoms with Gasteiger partial charge in [0.05, 0.1) is 12.8 Å². The second kappa shape index (κ2) is 8.65. The number of nitrogens with two attached hydrogens (primary N) is 1. The number of ether oxygens (including phenoxy) is 2. The highest BCUT2D eigenvalue weighted by molar-refractivity contribution is 5.99. The quantitative estimate of drug-likeness (QED) is 0.596. The van der Waals surface area contributed by atoms with Crippen LogP contribution in [0.5, 0.6) is 11.5 Å². The fraction of sp³-hybridized carbons (Fsp3) is 0.346. The fourth-order valence-corrected chi connectivity index (χ4v) is 4.62. The number of carbonyl (C=O) groups is 1. The average Bonchev–Trinajstić information content (AvgIpc) is 2.85. The van der Waals surface area contributed by atoms with Gasteiger partial charge in [0.1, 0.15) is 23.0 Å². The first kappa shape index (κ1) is 24.1. The van der Waals surface area contributed by atoms with Gasteiger partial charge in [-0.15, -0.1) is 0 Å². The van der Waals surface area contributed by atoms with E-state index in [0.717, 1.165) is 32.6 Å². The van der Waals surface area contributed by atoms with E-state index in [2.05, 4.69) is 5.32 Å². The molecule has 0 saturated carbocycles. The number of anilines is 2. The van der Waals surface area contributed by atoms with Crippen molar-refractivity contribution in [3.8, 4) is 17.2 Å². The van der Waals surface area contributed by atoms with Gasteiger partial charge in [-0.05, 0) is 62.9 Å². The molecule has 2 aromatic carbocycles. The summed E-state index contributed by atoms with van der Waals surface area (Å²) in [7, 11) is 2.98. The molecule has 3 N–H and O–H groups in total. The summed E-state index contributed by atoms with van der Waals surface area (Å²) in [5.74, 6) is 0.804. The summed E-state index contributed by atoms with van der Waals surface area (Å²) in [4.78, 5) is 39.2. The molecule has 0 saturated heterocycles. The second-order valence-electron chi connectivity index (χ2n) is 9.08. The minimum absolute atomic E-state index is 0.148. The summed E-state index contributed by atoms with van der Waals surface area (Å²) in [6.45, 7) is 7.55. The molecule has 1 aromatic heterocycles. The molecule has 35 heavy (non-hydrogen) atoms. The van der Waals surface area contributed by atoms with Gasteiger partial charge in [0, 0.05) is 19.0 Å². The number of hydrogen-bond donors (Lipinski definition) is 2. The molecule has 1 atom stereocenters. The predicted octanol–water partition coefficient (Wildman–Crippen LogP) is 2.77. The summed E-state index contributed by atoms with van der Waals surface area (Å²) in [5.41, 5.74) is 7.84. The molecule has 4 rings (SSSR count). The molecular formula is C26H30N4O5. The minimum Gasteiger partial charge on any atom is -0.496 e. The highest BCUT2D eigenvalue weighted by atomic mass is 16.5. The lowest BCUT2D eigenvalue weighted by atomic mass is 9.86. The minimum atomic E-state index is -1.25. The number of nitrogen functional groups attached to an aromatic ring is 1. The van der Waals surface area contributed by atoms with Crippen LogP contribution in [0.1, 0.15) is 35.6 Å². The summed E-state index contributed by atoms with van der Waals surface area (Å²) in [6.07, 6.45) is 0.983. The van der Waals surface area contributed by atoms with Crippen molar-refractivity contribution in [2.45, 2.75) is 46.1 Å². The second-order valence-corrected chi connectivity index (χ2v) is 9.08. The van der Waals surface area contributed by atoms with E-state index >= 15 is 0 Å². The number of nitrogens with zero attached hydrogens (tertiary/aromatic N) is 2. The number of aromatic nitrogens is 2. The average molecular weight is 479 g/mol. The van der Waals surface area contributed by atoms with Crippen LogP contribution in [-0.2, 0) is 18.3 Å². The van der Waals surface area contributed by atoms with Crippen molar-refractivity contribution >= 4 is 17.4 Å². The summed E-state index contributed by atoms with van der Waals surface area (Å²) >= 11 is 0. The maximum absolute atomic E-state index is 13.5. The van der Waals surface area contributed by atoms with Gasteiger partial charge in [-0.1, -0.05) is 18.2 Å². The Hall–Kier alpha value is -4.01. The van der Waals surface area contributed by atoms with Gasteiger partial charge in [-0.2, -0.15) is 0 Å². The third kappa shape index (κ3) is 3.77. The Kier molecular flexibility index (Phi) is 5.96. The van der Waals surface area contributed by atoms with Gasteiger partial charge < -0.3 is 20.5 Å². The maximum atomic E-state index is 13.5. The number of methoxy groups -OCH3 is 1. The van der Waals surface area contributed by atoms with Crippen LogP contribution in [0.3, 0.4) is 0 Å². The zero-order chi connectivity index (χ0) is 25.7. The molecule has 3 aromatic rings. The van der Waals surface area contributed by atoms with E-state index in [1.165, 1.54) is 11.6 Å². The van der Waals surface area contributed by atoms with Gasteiger partial charge in [0.2, 0.25) is 0 Å². The van der Waals surface area contributed by atoms with Crippen LogP contribution in [0.2, 0.25) is 0 Å². The van der Waals surface area contributed by atoms with Crippen molar-refractivity contribution in [1.29, 1.82) is 0 Å². The van der Waals surface area contributed by atoms with E-state index in [0.29, 0.717) is 24.3 Å². The lowest BCUT2D eigenvalue weighted by Gasteiger charge is -2.37. The van der Waals surface area contributed by atoms with Crippen LogP contribution in [0.25, 0.3) is 5.69 Å². The largest absolute Gasteiger partial charge is 0.496 e. The monoisotopic (exact) mass is 478 g/mol. The van der Waals surface area contributed by atoms with E-state index in [1.54, 1.807) is 44.4 Å². The Morgan fingerprint density at radius 3 is 2.40 bits per heavy atom. The topological polar surface area (TPSA) is 118 Å². The van der Waals surface area contributed by atoms with Gasteiger partial charge in [0.15, 0.2) is 5.60 Å². The van der Waals surface area contributed by atoms with E-state index < -0.39 is 22.8 Å². The highest BCUT2D eigenvalue weighted by Crippen LogP contribution is 2.43. The molecule has 0 spiro atoms. The molecule has 184 valence electrons. The van der Waals surface area contributed by atoms with Crippen molar-refractivity contribution in [2.75, 3.05) is 18.2 Å². The number of benzene rings is 2. The molecule has 0 unspecified atom stereocenters. The van der Waals surface area contributed by atoms with E-state index in [9.17, 15) is 14.4 Å². The normalized spacial score (nSPS) is 16.9. The molecule has 1 aliphatic rings. The van der Waals surface area contributed by atoms with Crippen molar-refractivity contribution in [3.63, 3.8) is 0 Å². The number of fused-ring (bicyclic) bond motifs is 1. The third-order valence-corrected chi connectivity index (χ3v) is 6.92.